The number of rotatable bonds is 4. The lowest BCUT2D eigenvalue weighted by atomic mass is 9.96. The van der Waals surface area contributed by atoms with Gasteiger partial charge in [0.1, 0.15) is 11.5 Å². The second-order valence-corrected chi connectivity index (χ2v) is 6.38. The number of hydrogen-bond donors (Lipinski definition) is 2. The Bertz CT molecular complexity index is 797. The van der Waals surface area contributed by atoms with E-state index in [4.69, 9.17) is 0 Å². The second kappa shape index (κ2) is 7.96. The first-order chi connectivity index (χ1) is 12.1. The Kier molecular flexibility index (Phi) is 5.48. The van der Waals surface area contributed by atoms with Gasteiger partial charge in [-0.25, -0.2) is 9.18 Å². The number of halogens is 1. The van der Waals surface area contributed by atoms with Crippen LogP contribution in [0.5, 0.6) is 0 Å². The average Bonchev–Trinajstić information content (AvgIpc) is 2.61. The molecular weight excluding hydrogens is 321 g/mol. The first-order valence-corrected chi connectivity index (χ1v) is 8.64. The molecule has 0 bridgehead atoms. The van der Waals surface area contributed by atoms with Gasteiger partial charge < -0.3 is 15.2 Å². The van der Waals surface area contributed by atoms with Crippen molar-refractivity contribution in [2.75, 3.05) is 5.32 Å². The minimum Gasteiger partial charge on any atom is -0.335 e. The van der Waals surface area contributed by atoms with Gasteiger partial charge >= 0.3 is 6.03 Å². The Hall–Kier alpha value is -2.63. The van der Waals surface area contributed by atoms with Gasteiger partial charge in [-0.3, -0.25) is 4.79 Å². The van der Waals surface area contributed by atoms with Gasteiger partial charge in [-0.15, -0.1) is 0 Å². The summed E-state index contributed by atoms with van der Waals surface area (Å²) >= 11 is 0. The van der Waals surface area contributed by atoms with Crippen LogP contribution < -0.4 is 16.2 Å². The van der Waals surface area contributed by atoms with Crippen molar-refractivity contribution in [1.29, 1.82) is 0 Å². The Morgan fingerprint density at radius 3 is 2.64 bits per heavy atom. The topological polar surface area (TPSA) is 63.1 Å². The largest absolute Gasteiger partial charge is 0.335 e. The third-order valence-corrected chi connectivity index (χ3v) is 4.51. The van der Waals surface area contributed by atoms with E-state index in [1.54, 1.807) is 36.5 Å². The fourth-order valence-electron chi connectivity index (χ4n) is 3.16. The Morgan fingerprint density at radius 2 is 1.88 bits per heavy atom. The van der Waals surface area contributed by atoms with Gasteiger partial charge in [0.25, 0.3) is 5.56 Å². The number of hydrogen-bond acceptors (Lipinski definition) is 2. The fraction of sp³-hybridized carbons (Fsp3) is 0.368. The van der Waals surface area contributed by atoms with Crippen molar-refractivity contribution >= 4 is 11.7 Å². The quantitative estimate of drug-likeness (QED) is 0.892. The smallest absolute Gasteiger partial charge is 0.319 e. The van der Waals surface area contributed by atoms with Crippen molar-refractivity contribution < 1.29 is 9.18 Å². The van der Waals surface area contributed by atoms with Crippen LogP contribution in [0, 0.1) is 5.82 Å². The van der Waals surface area contributed by atoms with Crippen LogP contribution >= 0.6 is 0 Å². The number of amides is 2. The lowest BCUT2D eigenvalue weighted by molar-refractivity contribution is 0.244. The first-order valence-electron chi connectivity index (χ1n) is 8.64. The van der Waals surface area contributed by atoms with E-state index in [0.29, 0.717) is 5.56 Å². The van der Waals surface area contributed by atoms with Gasteiger partial charge in [-0.05, 0) is 31.0 Å². The number of carbonyl (C=O) groups is 1. The summed E-state index contributed by atoms with van der Waals surface area (Å²) in [5, 5.41) is 5.54. The standard InChI is InChI=1S/C19H22FN3O2/c20-16-10-5-4-7-14(16)13-23-12-6-11-17(18(23)24)22-19(25)21-15-8-2-1-3-9-15/h4-7,10-12,15H,1-3,8-9,13H2,(H2,21,22,25). The molecule has 1 heterocycles. The molecule has 2 N–H and O–H groups in total. The van der Waals surface area contributed by atoms with E-state index in [-0.39, 0.29) is 35.7 Å². The van der Waals surface area contributed by atoms with Crippen LogP contribution in [0.3, 0.4) is 0 Å². The number of benzene rings is 1. The molecule has 1 aliphatic rings. The fourth-order valence-corrected chi connectivity index (χ4v) is 3.16. The highest BCUT2D eigenvalue weighted by molar-refractivity contribution is 5.89. The maximum Gasteiger partial charge on any atom is 0.319 e. The molecule has 1 fully saturated rings. The summed E-state index contributed by atoms with van der Waals surface area (Å²) in [5.74, 6) is -0.359. The third-order valence-electron chi connectivity index (χ3n) is 4.51. The predicted octanol–water partition coefficient (Wildman–Crippen LogP) is 3.49. The molecule has 0 radical (unpaired) electrons. The Balaban J connectivity index is 1.69. The highest BCUT2D eigenvalue weighted by Crippen LogP contribution is 2.17. The SMILES string of the molecule is O=C(Nc1cccn(Cc2ccccc2F)c1=O)NC1CCCCC1. The number of nitrogens with one attached hydrogen (secondary N) is 2. The molecule has 132 valence electrons. The van der Waals surface area contributed by atoms with Crippen LogP contribution in [0.15, 0.2) is 47.4 Å². The summed E-state index contributed by atoms with van der Waals surface area (Å²) < 4.78 is 15.2. The van der Waals surface area contributed by atoms with Crippen LogP contribution in [0.4, 0.5) is 14.9 Å². The van der Waals surface area contributed by atoms with Crippen molar-refractivity contribution in [3.63, 3.8) is 0 Å². The molecule has 1 aliphatic carbocycles. The van der Waals surface area contributed by atoms with E-state index < -0.39 is 0 Å². The number of carbonyl (C=O) groups excluding carboxylic acids is 1. The normalized spacial score (nSPS) is 14.9. The lowest BCUT2D eigenvalue weighted by Gasteiger charge is -2.22. The van der Waals surface area contributed by atoms with Gasteiger partial charge in [-0.1, -0.05) is 37.5 Å². The lowest BCUT2D eigenvalue weighted by Crippen LogP contribution is -2.40. The molecule has 1 aromatic carbocycles. The molecular formula is C19H22FN3O2. The summed E-state index contributed by atoms with van der Waals surface area (Å²) in [7, 11) is 0. The molecule has 25 heavy (non-hydrogen) atoms. The molecule has 0 aliphatic heterocycles. The van der Waals surface area contributed by atoms with E-state index in [1.807, 2.05) is 0 Å². The zero-order chi connectivity index (χ0) is 17.6. The molecule has 2 aromatic rings. The van der Waals surface area contributed by atoms with Crippen molar-refractivity contribution in [2.24, 2.45) is 0 Å². The monoisotopic (exact) mass is 343 g/mol. The number of aromatic nitrogens is 1. The van der Waals surface area contributed by atoms with Crippen LogP contribution in [-0.4, -0.2) is 16.6 Å². The summed E-state index contributed by atoms with van der Waals surface area (Å²) in [5.41, 5.74) is 0.255. The van der Waals surface area contributed by atoms with Crippen molar-refractivity contribution in [3.8, 4) is 0 Å². The summed E-state index contributed by atoms with van der Waals surface area (Å²) in [6.07, 6.45) is 6.97. The van der Waals surface area contributed by atoms with Gasteiger partial charge in [0.05, 0.1) is 6.54 Å². The maximum atomic E-state index is 13.8. The highest BCUT2D eigenvalue weighted by atomic mass is 19.1. The van der Waals surface area contributed by atoms with Crippen LogP contribution in [0.25, 0.3) is 0 Å². The van der Waals surface area contributed by atoms with Crippen molar-refractivity contribution in [3.05, 3.63) is 64.3 Å². The molecule has 6 heteroatoms. The van der Waals surface area contributed by atoms with E-state index in [1.165, 1.54) is 17.1 Å². The molecule has 0 unspecified atom stereocenters. The molecule has 0 spiro atoms. The molecule has 5 nitrogen and oxygen atoms in total. The van der Waals surface area contributed by atoms with Gasteiger partial charge in [0.15, 0.2) is 0 Å². The minimum absolute atomic E-state index is 0.116. The number of pyridine rings is 1. The van der Waals surface area contributed by atoms with E-state index >= 15 is 0 Å². The van der Waals surface area contributed by atoms with E-state index in [2.05, 4.69) is 10.6 Å². The zero-order valence-corrected chi connectivity index (χ0v) is 14.0. The number of anilines is 1. The molecule has 3 rings (SSSR count). The zero-order valence-electron chi connectivity index (χ0n) is 14.0. The van der Waals surface area contributed by atoms with Gasteiger partial charge in [0, 0.05) is 17.8 Å². The van der Waals surface area contributed by atoms with Gasteiger partial charge in [-0.2, -0.15) is 0 Å². The highest BCUT2D eigenvalue weighted by Gasteiger charge is 2.16. The minimum atomic E-state index is -0.368. The van der Waals surface area contributed by atoms with Crippen LogP contribution in [0.1, 0.15) is 37.7 Å². The van der Waals surface area contributed by atoms with Crippen LogP contribution in [-0.2, 0) is 6.54 Å². The first kappa shape index (κ1) is 17.2. The van der Waals surface area contributed by atoms with E-state index in [9.17, 15) is 14.0 Å². The van der Waals surface area contributed by atoms with Crippen molar-refractivity contribution in [1.82, 2.24) is 9.88 Å². The summed E-state index contributed by atoms with van der Waals surface area (Å²) in [6, 6.07) is 9.35. The maximum absolute atomic E-state index is 13.8. The molecule has 0 atom stereocenters. The molecule has 1 saturated carbocycles. The molecule has 0 saturated heterocycles. The average molecular weight is 343 g/mol. The van der Waals surface area contributed by atoms with Crippen molar-refractivity contribution in [2.45, 2.75) is 44.7 Å². The molecule has 1 aromatic heterocycles. The Labute approximate surface area is 145 Å². The van der Waals surface area contributed by atoms with E-state index in [0.717, 1.165) is 25.7 Å². The second-order valence-electron chi connectivity index (χ2n) is 6.38. The summed E-state index contributed by atoms with van der Waals surface area (Å²) in [4.78, 5) is 24.6. The Morgan fingerprint density at radius 1 is 1.12 bits per heavy atom. The van der Waals surface area contributed by atoms with Gasteiger partial charge in [0.2, 0.25) is 0 Å². The van der Waals surface area contributed by atoms with Crippen LogP contribution in [0.2, 0.25) is 0 Å². The summed E-state index contributed by atoms with van der Waals surface area (Å²) in [6.45, 7) is 0.116. The third kappa shape index (κ3) is 4.47. The number of urea groups is 1. The predicted molar refractivity (Wildman–Crippen MR) is 95.2 cm³/mol. The number of nitrogens with zero attached hydrogens (tertiary/aromatic N) is 1. The molecule has 2 amide bonds.